The maximum Gasteiger partial charge on any atom is 0.120 e. The van der Waals surface area contributed by atoms with Crippen molar-refractivity contribution in [3.8, 4) is 11.5 Å². The van der Waals surface area contributed by atoms with Gasteiger partial charge in [-0.05, 0) is 48.7 Å². The van der Waals surface area contributed by atoms with Gasteiger partial charge in [0.2, 0.25) is 0 Å². The van der Waals surface area contributed by atoms with E-state index < -0.39 is 0 Å². The minimum absolute atomic E-state index is 0.246. The normalized spacial score (nSPS) is 12.0. The van der Waals surface area contributed by atoms with E-state index in [2.05, 4.69) is 50.1 Å². The van der Waals surface area contributed by atoms with E-state index in [-0.39, 0.29) is 4.83 Å². The molecule has 0 aliphatic heterocycles. The monoisotopic (exact) mass is 412 g/mol. The van der Waals surface area contributed by atoms with Crippen LogP contribution in [0.5, 0.6) is 11.5 Å². The third-order valence-corrected chi connectivity index (χ3v) is 4.70. The molecule has 21 heavy (non-hydrogen) atoms. The largest absolute Gasteiger partial charge is 0.497 e. The molecule has 0 radical (unpaired) electrons. The molecule has 2 aromatic carbocycles. The molecule has 0 saturated heterocycles. The van der Waals surface area contributed by atoms with Gasteiger partial charge in [0.1, 0.15) is 11.5 Å². The molecule has 1 unspecified atom stereocenters. The van der Waals surface area contributed by atoms with Crippen molar-refractivity contribution < 1.29 is 9.47 Å². The SMILES string of the molecule is CCOc1ccc(C(Br)Cc2ccc(OC)cc2)c(Br)c1. The topological polar surface area (TPSA) is 18.5 Å². The van der Waals surface area contributed by atoms with Crippen LogP contribution in [0, 0.1) is 0 Å². The first-order chi connectivity index (χ1) is 10.1. The van der Waals surface area contributed by atoms with Gasteiger partial charge in [0.25, 0.3) is 0 Å². The zero-order valence-electron chi connectivity index (χ0n) is 12.1. The van der Waals surface area contributed by atoms with E-state index in [0.717, 1.165) is 22.4 Å². The number of rotatable bonds is 6. The molecule has 2 rings (SSSR count). The number of hydrogen-bond acceptors (Lipinski definition) is 2. The van der Waals surface area contributed by atoms with Gasteiger partial charge in [-0.1, -0.05) is 50.1 Å². The van der Waals surface area contributed by atoms with E-state index in [9.17, 15) is 0 Å². The minimum atomic E-state index is 0.246. The Morgan fingerprint density at radius 1 is 1.05 bits per heavy atom. The van der Waals surface area contributed by atoms with Gasteiger partial charge in [-0.3, -0.25) is 0 Å². The average Bonchev–Trinajstić information content (AvgIpc) is 2.48. The van der Waals surface area contributed by atoms with E-state index >= 15 is 0 Å². The zero-order valence-corrected chi connectivity index (χ0v) is 15.3. The van der Waals surface area contributed by atoms with E-state index in [4.69, 9.17) is 9.47 Å². The Morgan fingerprint density at radius 3 is 2.29 bits per heavy atom. The number of ether oxygens (including phenoxy) is 2. The summed E-state index contributed by atoms with van der Waals surface area (Å²) < 4.78 is 11.7. The van der Waals surface area contributed by atoms with Crippen LogP contribution in [-0.2, 0) is 6.42 Å². The molecule has 0 aromatic heterocycles. The van der Waals surface area contributed by atoms with E-state index in [1.54, 1.807) is 7.11 Å². The fourth-order valence-electron chi connectivity index (χ4n) is 2.10. The molecule has 0 aliphatic rings. The first-order valence-electron chi connectivity index (χ1n) is 6.83. The number of halogens is 2. The lowest BCUT2D eigenvalue weighted by Gasteiger charge is -2.14. The van der Waals surface area contributed by atoms with Crippen molar-refractivity contribution in [1.29, 1.82) is 0 Å². The van der Waals surface area contributed by atoms with Crippen molar-refractivity contribution in [3.05, 3.63) is 58.1 Å². The summed E-state index contributed by atoms with van der Waals surface area (Å²) in [6.45, 7) is 2.66. The van der Waals surface area contributed by atoms with Crippen LogP contribution in [0.2, 0.25) is 0 Å². The molecule has 0 bridgehead atoms. The summed E-state index contributed by atoms with van der Waals surface area (Å²) in [6, 6.07) is 14.3. The maximum atomic E-state index is 5.51. The third kappa shape index (κ3) is 4.48. The van der Waals surface area contributed by atoms with Gasteiger partial charge in [0.05, 0.1) is 13.7 Å². The highest BCUT2D eigenvalue weighted by molar-refractivity contribution is 9.11. The van der Waals surface area contributed by atoms with Crippen LogP contribution >= 0.6 is 31.9 Å². The van der Waals surface area contributed by atoms with Gasteiger partial charge in [-0.15, -0.1) is 0 Å². The second-order valence-electron chi connectivity index (χ2n) is 4.64. The molecule has 0 aliphatic carbocycles. The van der Waals surface area contributed by atoms with Crippen LogP contribution in [-0.4, -0.2) is 13.7 Å². The summed E-state index contributed by atoms with van der Waals surface area (Å²) in [4.78, 5) is 0.246. The molecule has 0 N–H and O–H groups in total. The van der Waals surface area contributed by atoms with Gasteiger partial charge in [-0.2, -0.15) is 0 Å². The Morgan fingerprint density at radius 2 is 1.71 bits per heavy atom. The summed E-state index contributed by atoms with van der Waals surface area (Å²) in [7, 11) is 1.68. The number of hydrogen-bond donors (Lipinski definition) is 0. The highest BCUT2D eigenvalue weighted by Crippen LogP contribution is 2.34. The summed E-state index contributed by atoms with van der Waals surface area (Å²) in [5.41, 5.74) is 2.48. The molecular weight excluding hydrogens is 396 g/mol. The molecule has 0 spiro atoms. The number of methoxy groups -OCH3 is 1. The van der Waals surface area contributed by atoms with Crippen molar-refractivity contribution in [2.45, 2.75) is 18.2 Å². The van der Waals surface area contributed by atoms with E-state index in [1.807, 2.05) is 31.2 Å². The smallest absolute Gasteiger partial charge is 0.120 e. The van der Waals surface area contributed by atoms with Crippen LogP contribution in [0.4, 0.5) is 0 Å². The highest BCUT2D eigenvalue weighted by Gasteiger charge is 2.13. The lowest BCUT2D eigenvalue weighted by atomic mass is 10.0. The molecule has 2 nitrogen and oxygen atoms in total. The summed E-state index contributed by atoms with van der Waals surface area (Å²) >= 11 is 7.39. The second-order valence-corrected chi connectivity index (χ2v) is 6.60. The van der Waals surface area contributed by atoms with Crippen LogP contribution in [0.1, 0.15) is 22.9 Å². The summed E-state index contributed by atoms with van der Waals surface area (Å²) in [6.07, 6.45) is 0.913. The zero-order chi connectivity index (χ0) is 15.2. The van der Waals surface area contributed by atoms with E-state index in [0.29, 0.717) is 6.61 Å². The molecule has 2 aromatic rings. The third-order valence-electron chi connectivity index (χ3n) is 3.19. The standard InChI is InChI=1S/C17H18Br2O2/c1-3-21-14-8-9-15(17(19)11-14)16(18)10-12-4-6-13(20-2)7-5-12/h4-9,11,16H,3,10H2,1-2H3. The number of alkyl halides is 1. The van der Waals surface area contributed by atoms with Crippen LogP contribution in [0.3, 0.4) is 0 Å². The average molecular weight is 414 g/mol. The fraction of sp³-hybridized carbons (Fsp3) is 0.294. The van der Waals surface area contributed by atoms with Crippen molar-refractivity contribution in [3.63, 3.8) is 0 Å². The second kappa shape index (κ2) is 7.85. The molecular formula is C17H18Br2O2. The quantitative estimate of drug-likeness (QED) is 0.579. The first kappa shape index (κ1) is 16.4. The molecule has 0 amide bonds. The van der Waals surface area contributed by atoms with Gasteiger partial charge >= 0.3 is 0 Å². The Labute approximate surface area is 142 Å². The maximum absolute atomic E-state index is 5.51. The highest BCUT2D eigenvalue weighted by atomic mass is 79.9. The fourth-order valence-corrected chi connectivity index (χ4v) is 3.81. The van der Waals surface area contributed by atoms with Crippen LogP contribution in [0.15, 0.2) is 46.9 Å². The minimum Gasteiger partial charge on any atom is -0.497 e. The van der Waals surface area contributed by atoms with Gasteiger partial charge in [0.15, 0.2) is 0 Å². The predicted molar refractivity (Wildman–Crippen MR) is 93.7 cm³/mol. The van der Waals surface area contributed by atoms with Gasteiger partial charge in [-0.25, -0.2) is 0 Å². The van der Waals surface area contributed by atoms with Crippen molar-refractivity contribution in [1.82, 2.24) is 0 Å². The van der Waals surface area contributed by atoms with Crippen LogP contribution in [0.25, 0.3) is 0 Å². The Bertz CT molecular complexity index is 582. The molecule has 4 heteroatoms. The van der Waals surface area contributed by atoms with Crippen LogP contribution < -0.4 is 9.47 Å². The predicted octanol–water partition coefficient (Wildman–Crippen LogP) is 5.54. The summed E-state index contributed by atoms with van der Waals surface area (Å²) in [5, 5.41) is 0. The molecule has 0 fully saturated rings. The van der Waals surface area contributed by atoms with Gasteiger partial charge in [0, 0.05) is 9.30 Å². The lowest BCUT2D eigenvalue weighted by molar-refractivity contribution is 0.340. The van der Waals surface area contributed by atoms with E-state index in [1.165, 1.54) is 11.1 Å². The molecule has 0 saturated carbocycles. The first-order valence-corrected chi connectivity index (χ1v) is 8.54. The van der Waals surface area contributed by atoms with Crippen molar-refractivity contribution in [2.75, 3.05) is 13.7 Å². The number of benzene rings is 2. The molecule has 112 valence electrons. The lowest BCUT2D eigenvalue weighted by Crippen LogP contribution is -1.98. The summed E-state index contributed by atoms with van der Waals surface area (Å²) in [5.74, 6) is 1.77. The molecule has 0 heterocycles. The molecule has 1 atom stereocenters. The Balaban J connectivity index is 2.10. The van der Waals surface area contributed by atoms with Crippen molar-refractivity contribution >= 4 is 31.9 Å². The van der Waals surface area contributed by atoms with Crippen molar-refractivity contribution in [2.24, 2.45) is 0 Å². The Kier molecular flexibility index (Phi) is 6.12. The Hall–Kier alpha value is -1.00. The van der Waals surface area contributed by atoms with Gasteiger partial charge < -0.3 is 9.47 Å².